The molecule has 5 unspecified atom stereocenters. The van der Waals surface area contributed by atoms with Gasteiger partial charge in [-0.1, -0.05) is 11.8 Å². The Morgan fingerprint density at radius 3 is 3.11 bits per heavy atom. The highest BCUT2D eigenvalue weighted by Gasteiger charge is 2.51. The minimum absolute atomic E-state index is 0.0241. The molecule has 7 heteroatoms. The molecule has 0 aromatic heterocycles. The Balaban J connectivity index is 1.56. The van der Waals surface area contributed by atoms with Gasteiger partial charge in [-0.15, -0.1) is 0 Å². The van der Waals surface area contributed by atoms with Gasteiger partial charge in [-0.05, 0) is 12.8 Å². The summed E-state index contributed by atoms with van der Waals surface area (Å²) in [5.41, 5.74) is 6.06. The molecule has 0 radical (unpaired) electrons. The number of amides is 2. The van der Waals surface area contributed by atoms with Gasteiger partial charge in [0.25, 0.3) is 5.24 Å². The first-order chi connectivity index (χ1) is 8.66. The second-order valence-corrected chi connectivity index (χ2v) is 6.04. The van der Waals surface area contributed by atoms with Crippen molar-refractivity contribution in [1.29, 1.82) is 0 Å². The summed E-state index contributed by atoms with van der Waals surface area (Å²) in [6, 6.07) is -0.563. The number of fused-ring (bicyclic) bond motifs is 1. The van der Waals surface area contributed by atoms with Crippen LogP contribution in [0.4, 0.5) is 4.79 Å². The predicted molar refractivity (Wildman–Crippen MR) is 67.1 cm³/mol. The van der Waals surface area contributed by atoms with Crippen molar-refractivity contribution in [2.24, 2.45) is 11.7 Å². The maximum atomic E-state index is 12.0. The van der Waals surface area contributed by atoms with Crippen LogP contribution < -0.4 is 16.4 Å². The third kappa shape index (κ3) is 2.00. The molecule has 1 aliphatic carbocycles. The predicted octanol–water partition coefficient (Wildman–Crippen LogP) is -0.568. The van der Waals surface area contributed by atoms with E-state index in [0.29, 0.717) is 11.7 Å². The van der Waals surface area contributed by atoms with Crippen molar-refractivity contribution in [2.45, 2.75) is 37.1 Å². The van der Waals surface area contributed by atoms with Gasteiger partial charge in [-0.2, -0.15) is 0 Å². The number of rotatable bonds is 2. The van der Waals surface area contributed by atoms with Crippen molar-refractivity contribution in [1.82, 2.24) is 10.6 Å². The topological polar surface area (TPSA) is 93.4 Å². The molecule has 3 aliphatic rings. The summed E-state index contributed by atoms with van der Waals surface area (Å²) in [7, 11) is 0. The van der Waals surface area contributed by atoms with Gasteiger partial charge >= 0.3 is 0 Å². The van der Waals surface area contributed by atoms with Gasteiger partial charge < -0.3 is 21.1 Å². The maximum absolute atomic E-state index is 12.0. The fourth-order valence-corrected chi connectivity index (χ4v) is 3.70. The number of carbonyl (C=O) groups excluding carboxylic acids is 2. The fraction of sp³-hybridized carbons (Fsp3) is 0.818. The van der Waals surface area contributed by atoms with Crippen LogP contribution in [0.25, 0.3) is 0 Å². The standard InChI is InChI=1S/C11H17N3O3S/c12-7-5-2-1-3-17-9(5)8(7)14-10(15)6-4-18-11(16)13-6/h5-9H,1-4,12H2,(H,13,16)(H,14,15). The first-order valence-corrected chi connectivity index (χ1v) is 7.26. The van der Waals surface area contributed by atoms with E-state index in [1.807, 2.05) is 0 Å². The lowest BCUT2D eigenvalue weighted by Crippen LogP contribution is -2.73. The number of nitrogens with two attached hydrogens (primary N) is 1. The SMILES string of the molecule is NC1C2CCCOC2C1NC(=O)C1CSC(=O)N1. The summed E-state index contributed by atoms with van der Waals surface area (Å²) < 4.78 is 5.66. The summed E-state index contributed by atoms with van der Waals surface area (Å²) in [6.45, 7) is 0.746. The summed E-state index contributed by atoms with van der Waals surface area (Å²) >= 11 is 1.14. The zero-order valence-electron chi connectivity index (χ0n) is 9.93. The van der Waals surface area contributed by atoms with Gasteiger partial charge in [-0.3, -0.25) is 9.59 Å². The van der Waals surface area contributed by atoms with Gasteiger partial charge in [0.05, 0.1) is 12.1 Å². The summed E-state index contributed by atoms with van der Waals surface area (Å²) in [5.74, 6) is 0.708. The Bertz CT molecular complexity index is 379. The number of nitrogens with one attached hydrogen (secondary N) is 2. The quantitative estimate of drug-likeness (QED) is 0.625. The monoisotopic (exact) mass is 271 g/mol. The van der Waals surface area contributed by atoms with E-state index in [1.54, 1.807) is 0 Å². The molecule has 0 bridgehead atoms. The van der Waals surface area contributed by atoms with Crippen molar-refractivity contribution in [3.05, 3.63) is 0 Å². The normalized spacial score (nSPS) is 42.7. The molecule has 100 valence electrons. The Morgan fingerprint density at radius 1 is 1.56 bits per heavy atom. The number of carbonyl (C=O) groups is 2. The zero-order valence-corrected chi connectivity index (χ0v) is 10.7. The lowest BCUT2D eigenvalue weighted by molar-refractivity contribution is -0.140. The second-order valence-electron chi connectivity index (χ2n) is 5.05. The van der Waals surface area contributed by atoms with Gasteiger partial charge in [-0.25, -0.2) is 0 Å². The van der Waals surface area contributed by atoms with Crippen molar-refractivity contribution in [2.75, 3.05) is 12.4 Å². The highest BCUT2D eigenvalue weighted by atomic mass is 32.2. The lowest BCUT2D eigenvalue weighted by Gasteiger charge is -2.52. The molecule has 2 amide bonds. The van der Waals surface area contributed by atoms with Crippen LogP contribution in [0.2, 0.25) is 0 Å². The second kappa shape index (κ2) is 4.71. The summed E-state index contributed by atoms with van der Waals surface area (Å²) in [5, 5.41) is 5.40. The first kappa shape index (κ1) is 12.3. The highest BCUT2D eigenvalue weighted by Crippen LogP contribution is 2.37. The van der Waals surface area contributed by atoms with Crippen molar-refractivity contribution in [3.8, 4) is 0 Å². The van der Waals surface area contributed by atoms with Gasteiger partial charge in [0.1, 0.15) is 6.04 Å². The molecule has 1 saturated carbocycles. The van der Waals surface area contributed by atoms with Crippen molar-refractivity contribution >= 4 is 22.9 Å². The molecule has 3 fully saturated rings. The molecule has 6 nitrogen and oxygen atoms in total. The minimum Gasteiger partial charge on any atom is -0.376 e. The van der Waals surface area contributed by atoms with E-state index in [4.69, 9.17) is 10.5 Å². The lowest BCUT2D eigenvalue weighted by atomic mass is 9.68. The van der Waals surface area contributed by atoms with Crippen LogP contribution in [-0.4, -0.2) is 47.7 Å². The Kier molecular flexibility index (Phi) is 3.21. The molecule has 2 saturated heterocycles. The molecule has 0 aromatic carbocycles. The van der Waals surface area contributed by atoms with Crippen LogP contribution in [0.15, 0.2) is 0 Å². The third-order valence-corrected chi connectivity index (χ3v) is 4.86. The molecule has 2 heterocycles. The Morgan fingerprint density at radius 2 is 2.39 bits per heavy atom. The van der Waals surface area contributed by atoms with Crippen molar-refractivity contribution in [3.63, 3.8) is 0 Å². The molecule has 3 rings (SSSR count). The van der Waals surface area contributed by atoms with E-state index in [9.17, 15) is 9.59 Å². The average molecular weight is 271 g/mol. The van der Waals surface area contributed by atoms with Gasteiger partial charge in [0.2, 0.25) is 5.91 Å². The fourth-order valence-electron chi connectivity index (χ4n) is 2.92. The van der Waals surface area contributed by atoms with E-state index < -0.39 is 6.04 Å². The number of hydrogen-bond acceptors (Lipinski definition) is 5. The minimum atomic E-state index is -0.433. The number of thioether (sulfide) groups is 1. The zero-order chi connectivity index (χ0) is 12.7. The number of ether oxygens (including phenoxy) is 1. The molecular weight excluding hydrogens is 254 g/mol. The van der Waals surface area contributed by atoms with E-state index in [-0.39, 0.29) is 29.3 Å². The van der Waals surface area contributed by atoms with Gasteiger partial charge in [0, 0.05) is 24.3 Å². The van der Waals surface area contributed by atoms with E-state index in [0.717, 1.165) is 31.2 Å². The summed E-state index contributed by atoms with van der Waals surface area (Å²) in [6.07, 6.45) is 2.18. The first-order valence-electron chi connectivity index (χ1n) is 6.27. The number of hydrogen-bond donors (Lipinski definition) is 3. The third-order valence-electron chi connectivity index (χ3n) is 3.98. The average Bonchev–Trinajstić information content (AvgIpc) is 2.82. The van der Waals surface area contributed by atoms with Crippen LogP contribution >= 0.6 is 11.8 Å². The van der Waals surface area contributed by atoms with Gasteiger partial charge in [0.15, 0.2) is 0 Å². The molecular formula is C11H17N3O3S. The molecule has 0 spiro atoms. The molecule has 18 heavy (non-hydrogen) atoms. The smallest absolute Gasteiger partial charge is 0.279 e. The van der Waals surface area contributed by atoms with E-state index in [2.05, 4.69) is 10.6 Å². The molecule has 0 aromatic rings. The van der Waals surface area contributed by atoms with Crippen LogP contribution in [0.3, 0.4) is 0 Å². The Labute approximate surface area is 109 Å². The van der Waals surface area contributed by atoms with Crippen LogP contribution in [-0.2, 0) is 9.53 Å². The molecule has 2 aliphatic heterocycles. The Hall–Kier alpha value is -0.790. The molecule has 4 N–H and O–H groups in total. The van der Waals surface area contributed by atoms with Crippen LogP contribution in [0, 0.1) is 5.92 Å². The maximum Gasteiger partial charge on any atom is 0.279 e. The largest absolute Gasteiger partial charge is 0.376 e. The van der Waals surface area contributed by atoms with Crippen molar-refractivity contribution < 1.29 is 14.3 Å². The van der Waals surface area contributed by atoms with Crippen LogP contribution in [0.1, 0.15) is 12.8 Å². The van der Waals surface area contributed by atoms with E-state index in [1.165, 1.54) is 0 Å². The van der Waals surface area contributed by atoms with E-state index >= 15 is 0 Å². The highest BCUT2D eigenvalue weighted by molar-refractivity contribution is 8.14. The summed E-state index contributed by atoms with van der Waals surface area (Å²) in [4.78, 5) is 23.0. The molecule has 5 atom stereocenters. The van der Waals surface area contributed by atoms with Crippen LogP contribution in [0.5, 0.6) is 0 Å².